The fourth-order valence-electron chi connectivity index (χ4n) is 2.38. The summed E-state index contributed by atoms with van der Waals surface area (Å²) >= 11 is 0. The summed E-state index contributed by atoms with van der Waals surface area (Å²) in [6, 6.07) is 8.77. The minimum Gasteiger partial charge on any atom is -0.424 e. The highest BCUT2D eigenvalue weighted by molar-refractivity contribution is 6.05. The highest BCUT2D eigenvalue weighted by Gasteiger charge is 2.35. The van der Waals surface area contributed by atoms with Gasteiger partial charge in [-0.05, 0) is 19.1 Å². The molecule has 0 saturated carbocycles. The van der Waals surface area contributed by atoms with Gasteiger partial charge >= 0.3 is 12.0 Å². The molecule has 1 aromatic carbocycles. The summed E-state index contributed by atoms with van der Waals surface area (Å²) in [6.45, 7) is 1.82. The van der Waals surface area contributed by atoms with Crippen molar-refractivity contribution in [1.82, 2.24) is 14.9 Å². The second kappa shape index (κ2) is 6.04. The van der Waals surface area contributed by atoms with E-state index in [0.717, 1.165) is 4.90 Å². The van der Waals surface area contributed by atoms with E-state index in [4.69, 9.17) is 4.74 Å². The number of aromatic nitrogens is 2. The van der Waals surface area contributed by atoms with Crippen LogP contribution < -0.4 is 9.64 Å². The first-order valence-electron chi connectivity index (χ1n) is 7.21. The maximum absolute atomic E-state index is 12.3. The first-order chi connectivity index (χ1) is 11.1. The molecule has 7 heteroatoms. The van der Waals surface area contributed by atoms with Crippen LogP contribution in [0.25, 0.3) is 0 Å². The van der Waals surface area contributed by atoms with Crippen molar-refractivity contribution in [3.05, 3.63) is 42.7 Å². The molecule has 1 aliphatic heterocycles. The van der Waals surface area contributed by atoms with Crippen LogP contribution in [0.2, 0.25) is 0 Å². The summed E-state index contributed by atoms with van der Waals surface area (Å²) in [6.07, 6.45) is 3.30. The molecule has 1 atom stereocenters. The molecule has 0 N–H and O–H groups in total. The molecular formula is C16H16N4O3. The zero-order chi connectivity index (χ0) is 16.4. The van der Waals surface area contributed by atoms with Crippen LogP contribution in [0.1, 0.15) is 13.3 Å². The number of imide groups is 1. The molecule has 1 unspecified atom stereocenters. The van der Waals surface area contributed by atoms with Crippen LogP contribution >= 0.6 is 0 Å². The van der Waals surface area contributed by atoms with Gasteiger partial charge in [0.25, 0.3) is 0 Å². The molecule has 1 aromatic heterocycles. The third-order valence-corrected chi connectivity index (χ3v) is 3.62. The Labute approximate surface area is 133 Å². The van der Waals surface area contributed by atoms with E-state index in [1.54, 1.807) is 12.1 Å². The highest BCUT2D eigenvalue weighted by Crippen LogP contribution is 2.25. The van der Waals surface area contributed by atoms with Crippen LogP contribution in [-0.2, 0) is 4.79 Å². The van der Waals surface area contributed by atoms with Gasteiger partial charge in [-0.25, -0.2) is 14.8 Å². The first kappa shape index (κ1) is 15.0. The smallest absolute Gasteiger partial charge is 0.331 e. The summed E-state index contributed by atoms with van der Waals surface area (Å²) in [5.41, 5.74) is 0.530. The van der Waals surface area contributed by atoms with Gasteiger partial charge in [-0.15, -0.1) is 0 Å². The summed E-state index contributed by atoms with van der Waals surface area (Å²) in [7, 11) is 1.47. The van der Waals surface area contributed by atoms with E-state index in [0.29, 0.717) is 11.4 Å². The Morgan fingerprint density at radius 1 is 1.13 bits per heavy atom. The zero-order valence-electron chi connectivity index (χ0n) is 12.8. The zero-order valence-corrected chi connectivity index (χ0v) is 12.8. The molecule has 0 aliphatic carbocycles. The molecule has 0 bridgehead atoms. The molecule has 2 aromatic rings. The van der Waals surface area contributed by atoms with Gasteiger partial charge in [0.2, 0.25) is 5.91 Å². The number of urea groups is 1. The highest BCUT2D eigenvalue weighted by atomic mass is 16.5. The second-order valence-corrected chi connectivity index (χ2v) is 5.30. The number of nitrogens with zero attached hydrogens (tertiary/aromatic N) is 4. The van der Waals surface area contributed by atoms with Crippen molar-refractivity contribution < 1.29 is 14.3 Å². The largest absolute Gasteiger partial charge is 0.424 e. The summed E-state index contributed by atoms with van der Waals surface area (Å²) < 4.78 is 5.52. The Morgan fingerprint density at radius 3 is 2.43 bits per heavy atom. The number of para-hydroxylation sites is 1. The molecule has 1 fully saturated rings. The minimum atomic E-state index is -0.380. The van der Waals surface area contributed by atoms with Gasteiger partial charge in [-0.3, -0.25) is 14.6 Å². The van der Waals surface area contributed by atoms with Crippen LogP contribution in [-0.4, -0.2) is 39.9 Å². The minimum absolute atomic E-state index is 0.191. The third-order valence-electron chi connectivity index (χ3n) is 3.62. The fourth-order valence-corrected chi connectivity index (χ4v) is 2.38. The van der Waals surface area contributed by atoms with E-state index >= 15 is 0 Å². The number of ether oxygens (including phenoxy) is 1. The lowest BCUT2D eigenvalue weighted by Crippen LogP contribution is -2.54. The van der Waals surface area contributed by atoms with Crippen molar-refractivity contribution in [1.29, 1.82) is 0 Å². The molecule has 0 spiro atoms. The Morgan fingerprint density at radius 2 is 1.78 bits per heavy atom. The SMILES string of the molecule is CC1CC(=O)N(C)C(=O)N1c1cnc(Oc2ccccc2)nc1. The Bertz CT molecular complexity index is 718. The molecule has 23 heavy (non-hydrogen) atoms. The maximum atomic E-state index is 12.3. The van der Waals surface area contributed by atoms with Crippen LogP contribution in [0.15, 0.2) is 42.7 Å². The predicted molar refractivity (Wildman–Crippen MR) is 83.3 cm³/mol. The fraction of sp³-hybridized carbons (Fsp3) is 0.250. The molecule has 7 nitrogen and oxygen atoms in total. The van der Waals surface area contributed by atoms with Gasteiger partial charge in [-0.2, -0.15) is 0 Å². The van der Waals surface area contributed by atoms with Crippen LogP contribution in [0.4, 0.5) is 10.5 Å². The number of carbonyl (C=O) groups excluding carboxylic acids is 2. The molecule has 2 heterocycles. The number of rotatable bonds is 3. The van der Waals surface area contributed by atoms with E-state index in [1.807, 2.05) is 25.1 Å². The predicted octanol–water partition coefficient (Wildman–Crippen LogP) is 2.45. The lowest BCUT2D eigenvalue weighted by atomic mass is 10.1. The quantitative estimate of drug-likeness (QED) is 0.870. The number of benzene rings is 1. The molecule has 0 radical (unpaired) electrons. The number of hydrogen-bond donors (Lipinski definition) is 0. The molecular weight excluding hydrogens is 296 g/mol. The van der Waals surface area contributed by atoms with Gasteiger partial charge in [0, 0.05) is 19.5 Å². The van der Waals surface area contributed by atoms with E-state index in [9.17, 15) is 9.59 Å². The van der Waals surface area contributed by atoms with Gasteiger partial charge in [0.1, 0.15) is 5.75 Å². The number of carbonyl (C=O) groups is 2. The Kier molecular flexibility index (Phi) is 3.92. The lowest BCUT2D eigenvalue weighted by Gasteiger charge is -2.36. The average Bonchev–Trinajstić information content (AvgIpc) is 2.55. The molecule has 118 valence electrons. The standard InChI is InChI=1S/C16H16N4O3/c1-11-8-14(21)19(2)16(22)20(11)12-9-17-15(18-10-12)23-13-6-4-3-5-7-13/h3-7,9-11H,8H2,1-2H3. The summed E-state index contributed by atoms with van der Waals surface area (Å²) in [4.78, 5) is 34.8. The van der Waals surface area contributed by atoms with E-state index in [-0.39, 0.29) is 30.4 Å². The van der Waals surface area contributed by atoms with Crippen molar-refractivity contribution in [3.63, 3.8) is 0 Å². The number of amides is 3. The van der Waals surface area contributed by atoms with Crippen molar-refractivity contribution in [2.75, 3.05) is 11.9 Å². The molecule has 1 aliphatic rings. The van der Waals surface area contributed by atoms with Gasteiger partial charge < -0.3 is 4.74 Å². The lowest BCUT2D eigenvalue weighted by molar-refractivity contribution is -0.128. The number of anilines is 1. The van der Waals surface area contributed by atoms with Gasteiger partial charge in [0.15, 0.2) is 0 Å². The number of hydrogen-bond acceptors (Lipinski definition) is 5. The van der Waals surface area contributed by atoms with Crippen LogP contribution in [0, 0.1) is 0 Å². The van der Waals surface area contributed by atoms with E-state index < -0.39 is 0 Å². The van der Waals surface area contributed by atoms with Crippen molar-refractivity contribution >= 4 is 17.6 Å². The third kappa shape index (κ3) is 2.98. The molecule has 3 rings (SSSR count). The van der Waals surface area contributed by atoms with E-state index in [2.05, 4.69) is 9.97 Å². The van der Waals surface area contributed by atoms with Crippen LogP contribution in [0.3, 0.4) is 0 Å². The van der Waals surface area contributed by atoms with E-state index in [1.165, 1.54) is 24.3 Å². The second-order valence-electron chi connectivity index (χ2n) is 5.30. The van der Waals surface area contributed by atoms with Crippen molar-refractivity contribution in [2.45, 2.75) is 19.4 Å². The molecule has 1 saturated heterocycles. The average molecular weight is 312 g/mol. The maximum Gasteiger partial charge on any atom is 0.331 e. The Hall–Kier alpha value is -2.96. The normalized spacial score (nSPS) is 18.3. The van der Waals surface area contributed by atoms with Crippen molar-refractivity contribution in [2.24, 2.45) is 0 Å². The first-order valence-corrected chi connectivity index (χ1v) is 7.21. The molecule has 3 amide bonds. The monoisotopic (exact) mass is 312 g/mol. The van der Waals surface area contributed by atoms with Gasteiger partial charge in [-0.1, -0.05) is 18.2 Å². The summed E-state index contributed by atoms with van der Waals surface area (Å²) in [5.74, 6) is 0.441. The van der Waals surface area contributed by atoms with Crippen LogP contribution in [0.5, 0.6) is 11.8 Å². The summed E-state index contributed by atoms with van der Waals surface area (Å²) in [5, 5.41) is 0. The topological polar surface area (TPSA) is 75.6 Å². The Balaban J connectivity index is 1.79. The van der Waals surface area contributed by atoms with Gasteiger partial charge in [0.05, 0.1) is 18.1 Å². The van der Waals surface area contributed by atoms with Crippen molar-refractivity contribution in [3.8, 4) is 11.8 Å².